The van der Waals surface area contributed by atoms with Gasteiger partial charge in [0.05, 0.1) is 27.6 Å². The van der Waals surface area contributed by atoms with Crippen molar-refractivity contribution < 1.29 is 23.9 Å². The lowest BCUT2D eigenvalue weighted by Gasteiger charge is -2.28. The number of carboxylic acid groups (broad SMARTS) is 1. The highest BCUT2D eigenvalue weighted by Crippen LogP contribution is 2.12. The molecule has 30 heavy (non-hydrogen) atoms. The molecule has 0 aromatic carbocycles. The van der Waals surface area contributed by atoms with Gasteiger partial charge < -0.3 is 14.3 Å². The molecule has 5 heteroatoms. The predicted octanol–water partition coefficient (Wildman–Crippen LogP) is 6.12. The van der Waals surface area contributed by atoms with Crippen molar-refractivity contribution in [2.24, 2.45) is 0 Å². The number of carbonyl (C=O) groups excluding carboxylic acids is 1. The maximum Gasteiger partial charge on any atom is 0.307 e. The average Bonchev–Trinajstić information content (AvgIpc) is 2.63. The van der Waals surface area contributed by atoms with E-state index in [0.717, 1.165) is 19.3 Å². The molecular formula is C25H48NO4+. The number of carbonyl (C=O) groups is 2. The zero-order valence-electron chi connectivity index (χ0n) is 20.2. The van der Waals surface area contributed by atoms with Crippen LogP contribution in [0.15, 0.2) is 12.2 Å². The Labute approximate surface area is 185 Å². The van der Waals surface area contributed by atoms with Crippen molar-refractivity contribution in [2.75, 3.05) is 27.7 Å². The molecule has 0 bridgehead atoms. The standard InChI is InChI=1S/C25H47NO4/c1-5-6-7-8-9-10-11-12-13-14-15-16-17-18-19-20-25(29)30-23(21-24(27)28)22-26(2,3)4/h10-11,23H,5-9,12-22H2,1-4H3/p+1/b11-10+. The molecule has 0 aliphatic carbocycles. The number of aliphatic carboxylic acids is 1. The van der Waals surface area contributed by atoms with Crippen molar-refractivity contribution in [2.45, 2.75) is 109 Å². The van der Waals surface area contributed by atoms with Gasteiger partial charge in [-0.15, -0.1) is 0 Å². The van der Waals surface area contributed by atoms with Gasteiger partial charge in [0, 0.05) is 6.42 Å². The maximum atomic E-state index is 12.0. The Morgan fingerprint density at radius 1 is 0.833 bits per heavy atom. The van der Waals surface area contributed by atoms with Crippen LogP contribution in [0.5, 0.6) is 0 Å². The first-order chi connectivity index (χ1) is 14.2. The molecule has 0 rings (SSSR count). The fourth-order valence-electron chi connectivity index (χ4n) is 3.53. The van der Waals surface area contributed by atoms with E-state index in [1.165, 1.54) is 64.2 Å². The van der Waals surface area contributed by atoms with E-state index < -0.39 is 12.1 Å². The van der Waals surface area contributed by atoms with Gasteiger partial charge >= 0.3 is 11.9 Å². The van der Waals surface area contributed by atoms with Crippen molar-refractivity contribution in [3.63, 3.8) is 0 Å². The molecule has 0 saturated carbocycles. The van der Waals surface area contributed by atoms with E-state index in [1.807, 2.05) is 21.1 Å². The smallest absolute Gasteiger partial charge is 0.307 e. The molecule has 0 fully saturated rings. The molecule has 1 N–H and O–H groups in total. The van der Waals surface area contributed by atoms with E-state index in [-0.39, 0.29) is 12.4 Å². The molecule has 0 amide bonds. The molecule has 5 nitrogen and oxygen atoms in total. The molecule has 1 atom stereocenters. The highest BCUT2D eigenvalue weighted by molar-refractivity contribution is 5.71. The van der Waals surface area contributed by atoms with E-state index in [1.54, 1.807) is 0 Å². The summed E-state index contributed by atoms with van der Waals surface area (Å²) < 4.78 is 5.98. The summed E-state index contributed by atoms with van der Waals surface area (Å²) in [6.45, 7) is 2.75. The van der Waals surface area contributed by atoms with Crippen LogP contribution >= 0.6 is 0 Å². The van der Waals surface area contributed by atoms with Crippen molar-refractivity contribution in [3.8, 4) is 0 Å². The molecule has 176 valence electrons. The Morgan fingerprint density at radius 3 is 1.83 bits per heavy atom. The van der Waals surface area contributed by atoms with Crippen molar-refractivity contribution in [1.82, 2.24) is 0 Å². The number of quaternary nitrogens is 1. The van der Waals surface area contributed by atoms with Crippen molar-refractivity contribution in [3.05, 3.63) is 12.2 Å². The highest BCUT2D eigenvalue weighted by atomic mass is 16.5. The zero-order chi connectivity index (χ0) is 22.7. The van der Waals surface area contributed by atoms with Crippen LogP contribution in [0, 0.1) is 0 Å². The Balaban J connectivity index is 3.63. The van der Waals surface area contributed by atoms with Gasteiger partial charge in [0.15, 0.2) is 6.10 Å². The molecule has 0 aromatic heterocycles. The third kappa shape index (κ3) is 21.4. The molecule has 0 spiro atoms. The van der Waals surface area contributed by atoms with E-state index >= 15 is 0 Å². The van der Waals surface area contributed by atoms with Crippen LogP contribution in [0.25, 0.3) is 0 Å². The number of hydrogen-bond donors (Lipinski definition) is 1. The molecule has 1 unspecified atom stereocenters. The normalized spacial score (nSPS) is 12.9. The molecule has 0 radical (unpaired) electrons. The van der Waals surface area contributed by atoms with Gasteiger partial charge in [-0.3, -0.25) is 9.59 Å². The SMILES string of the molecule is CCCCCC/C=C/CCCCCCCCCC(=O)OC(CC(=O)O)C[N+](C)(C)C. The number of nitrogens with zero attached hydrogens (tertiary/aromatic N) is 1. The first-order valence-electron chi connectivity index (χ1n) is 12.1. The number of carboxylic acids is 1. The first kappa shape index (κ1) is 28.6. The summed E-state index contributed by atoms with van der Waals surface area (Å²) >= 11 is 0. The second-order valence-corrected chi connectivity index (χ2v) is 9.52. The fourth-order valence-corrected chi connectivity index (χ4v) is 3.53. The monoisotopic (exact) mass is 426 g/mol. The van der Waals surface area contributed by atoms with Crippen LogP contribution in [0.1, 0.15) is 103 Å². The summed E-state index contributed by atoms with van der Waals surface area (Å²) in [6, 6.07) is 0. The summed E-state index contributed by atoms with van der Waals surface area (Å²) in [5, 5.41) is 9.01. The topological polar surface area (TPSA) is 63.6 Å². The van der Waals surface area contributed by atoms with E-state index in [2.05, 4.69) is 19.1 Å². The molecule has 0 aliphatic rings. The van der Waals surface area contributed by atoms with E-state index in [9.17, 15) is 9.59 Å². The molecular weight excluding hydrogens is 378 g/mol. The minimum absolute atomic E-state index is 0.130. The molecule has 0 saturated heterocycles. The Hall–Kier alpha value is -1.36. The van der Waals surface area contributed by atoms with Gasteiger partial charge in [0.2, 0.25) is 0 Å². The Bertz CT molecular complexity index is 468. The fraction of sp³-hybridized carbons (Fsp3) is 0.840. The number of allylic oxidation sites excluding steroid dienone is 2. The maximum absolute atomic E-state index is 12.0. The second-order valence-electron chi connectivity index (χ2n) is 9.52. The van der Waals surface area contributed by atoms with Gasteiger partial charge in [0.25, 0.3) is 0 Å². The van der Waals surface area contributed by atoms with Crippen LogP contribution < -0.4 is 0 Å². The lowest BCUT2D eigenvalue weighted by Crippen LogP contribution is -2.43. The number of ether oxygens (including phenoxy) is 1. The summed E-state index contributed by atoms with van der Waals surface area (Å²) in [7, 11) is 5.90. The van der Waals surface area contributed by atoms with Gasteiger partial charge in [-0.25, -0.2) is 0 Å². The van der Waals surface area contributed by atoms with Gasteiger partial charge in [-0.05, 0) is 32.1 Å². The average molecular weight is 427 g/mol. The lowest BCUT2D eigenvalue weighted by molar-refractivity contribution is -0.873. The Morgan fingerprint density at radius 2 is 1.33 bits per heavy atom. The lowest BCUT2D eigenvalue weighted by atomic mass is 10.1. The molecule has 0 aromatic rings. The number of unbranched alkanes of at least 4 members (excludes halogenated alkanes) is 11. The summed E-state index contributed by atoms with van der Waals surface area (Å²) in [5.41, 5.74) is 0. The van der Waals surface area contributed by atoms with Gasteiger partial charge in [0.1, 0.15) is 6.54 Å². The molecule has 0 aliphatic heterocycles. The predicted molar refractivity (Wildman–Crippen MR) is 124 cm³/mol. The Kier molecular flexibility index (Phi) is 17.6. The van der Waals surface area contributed by atoms with Crippen LogP contribution in [-0.4, -0.2) is 55.3 Å². The highest BCUT2D eigenvalue weighted by Gasteiger charge is 2.24. The van der Waals surface area contributed by atoms with Crippen molar-refractivity contribution >= 4 is 11.9 Å². The minimum Gasteiger partial charge on any atom is -0.481 e. The summed E-state index contributed by atoms with van der Waals surface area (Å²) in [6.07, 6.45) is 20.2. The van der Waals surface area contributed by atoms with E-state index in [4.69, 9.17) is 9.84 Å². The minimum atomic E-state index is -0.927. The largest absolute Gasteiger partial charge is 0.481 e. The number of rotatable bonds is 20. The van der Waals surface area contributed by atoms with Crippen LogP contribution in [-0.2, 0) is 14.3 Å². The second kappa shape index (κ2) is 18.4. The van der Waals surface area contributed by atoms with Crippen LogP contribution in [0.4, 0.5) is 0 Å². The quantitative estimate of drug-likeness (QED) is 0.110. The third-order valence-corrected chi connectivity index (χ3v) is 5.09. The summed E-state index contributed by atoms with van der Waals surface area (Å²) in [4.78, 5) is 23.0. The van der Waals surface area contributed by atoms with Crippen LogP contribution in [0.3, 0.4) is 0 Å². The number of hydrogen-bond acceptors (Lipinski definition) is 3. The van der Waals surface area contributed by atoms with Crippen molar-refractivity contribution in [1.29, 1.82) is 0 Å². The first-order valence-corrected chi connectivity index (χ1v) is 12.1. The zero-order valence-corrected chi connectivity index (χ0v) is 20.2. The van der Waals surface area contributed by atoms with Crippen LogP contribution in [0.2, 0.25) is 0 Å². The number of likely N-dealkylation sites (N-methyl/N-ethyl adjacent to an activating group) is 1. The summed E-state index contributed by atoms with van der Waals surface area (Å²) in [5.74, 6) is -1.19. The number of esters is 1. The van der Waals surface area contributed by atoms with Gasteiger partial charge in [-0.2, -0.15) is 0 Å². The van der Waals surface area contributed by atoms with E-state index in [0.29, 0.717) is 17.4 Å². The van der Waals surface area contributed by atoms with Gasteiger partial charge in [-0.1, -0.05) is 70.4 Å². The molecule has 0 heterocycles. The third-order valence-electron chi connectivity index (χ3n) is 5.09.